The Morgan fingerprint density at radius 3 is 2.72 bits per heavy atom. The van der Waals surface area contributed by atoms with E-state index in [0.29, 0.717) is 21.1 Å². The fourth-order valence-corrected chi connectivity index (χ4v) is 2.14. The summed E-state index contributed by atoms with van der Waals surface area (Å²) in [5.74, 6) is -0.214. The van der Waals surface area contributed by atoms with Crippen LogP contribution in [0.5, 0.6) is 0 Å². The molecule has 0 amide bonds. The van der Waals surface area contributed by atoms with E-state index in [1.807, 2.05) is 0 Å². The van der Waals surface area contributed by atoms with E-state index in [9.17, 15) is 14.8 Å². The van der Waals surface area contributed by atoms with Gasteiger partial charge in [-0.25, -0.2) is 0 Å². The quantitative estimate of drug-likeness (QED) is 0.447. The number of carbonyl (C=O) groups excluding carboxylic acids is 1. The summed E-state index contributed by atoms with van der Waals surface area (Å²) >= 11 is 3.26. The molecule has 5 nitrogen and oxygen atoms in total. The van der Waals surface area contributed by atoms with Crippen LogP contribution in [0.3, 0.4) is 0 Å². The van der Waals surface area contributed by atoms with Crippen LogP contribution in [0.4, 0.5) is 5.69 Å². The van der Waals surface area contributed by atoms with Gasteiger partial charge in [-0.15, -0.1) is 0 Å². The van der Waals surface area contributed by atoms with Crippen molar-refractivity contribution in [3.8, 4) is 0 Å². The third-order valence-corrected chi connectivity index (χ3v) is 3.36. The number of hydrogen-bond acceptors (Lipinski definition) is 5. The molecule has 0 aliphatic carbocycles. The predicted molar refractivity (Wildman–Crippen MR) is 72.8 cm³/mol. The van der Waals surface area contributed by atoms with Crippen molar-refractivity contribution in [2.45, 2.75) is 13.3 Å². The number of hydrogen-bond donors (Lipinski definition) is 3. The number of nitrogen functional groups attached to an aromatic ring is 1. The van der Waals surface area contributed by atoms with Crippen molar-refractivity contribution < 1.29 is 19.3 Å². The zero-order valence-electron chi connectivity index (χ0n) is 9.61. The number of ketones is 1. The maximum absolute atomic E-state index is 11.9. The summed E-state index contributed by atoms with van der Waals surface area (Å²) in [6, 6.07) is 3.18. The minimum atomic E-state index is -1.83. The van der Waals surface area contributed by atoms with Gasteiger partial charge in [-0.2, -0.15) is 0 Å². The molecule has 0 bridgehead atoms. The molecule has 0 fully saturated rings. The van der Waals surface area contributed by atoms with Gasteiger partial charge in [0.05, 0.1) is 5.56 Å². The molecule has 0 aliphatic heterocycles. The maximum atomic E-state index is 11.9. The normalized spacial score (nSPS) is 10.9. The van der Waals surface area contributed by atoms with E-state index in [2.05, 4.69) is 15.9 Å². The Morgan fingerprint density at radius 1 is 1.50 bits per heavy atom. The zero-order chi connectivity index (χ0) is 13.4. The van der Waals surface area contributed by atoms with Crippen molar-refractivity contribution in [3.05, 3.63) is 22.2 Å². The molecule has 0 aliphatic rings. The van der Waals surface area contributed by atoms with Gasteiger partial charge in [0, 0.05) is 28.0 Å². The van der Waals surface area contributed by atoms with E-state index in [4.69, 9.17) is 10.2 Å². The Balaban J connectivity index is 2.81. The highest BCUT2D eigenvalue weighted by atomic mass is 79.9. The summed E-state index contributed by atoms with van der Waals surface area (Å²) in [4.78, 5) is 11.9. The average molecular weight is 312 g/mol. The van der Waals surface area contributed by atoms with Gasteiger partial charge in [0.2, 0.25) is 0 Å². The molecular weight excluding hydrogens is 301 g/mol. The van der Waals surface area contributed by atoms with Crippen LogP contribution in [0.2, 0.25) is 0 Å². The first-order valence-corrected chi connectivity index (χ1v) is 6.15. The molecule has 0 saturated heterocycles. The average Bonchev–Trinajstić information content (AvgIpc) is 2.67. The molecule has 1 aromatic heterocycles. The molecule has 0 spiro atoms. The molecular formula is C11H11BBrNO4. The minimum Gasteiger partial charge on any atom is -0.464 e. The highest BCUT2D eigenvalue weighted by Crippen LogP contribution is 2.29. The lowest BCUT2D eigenvalue weighted by Crippen LogP contribution is -2.32. The van der Waals surface area contributed by atoms with Crippen LogP contribution in [0.25, 0.3) is 11.0 Å². The molecule has 1 heterocycles. The molecule has 0 unspecified atom stereocenters. The topological polar surface area (TPSA) is 96.7 Å². The summed E-state index contributed by atoms with van der Waals surface area (Å²) in [5.41, 5.74) is 6.57. The van der Waals surface area contributed by atoms with E-state index in [0.717, 1.165) is 0 Å². The molecule has 0 saturated carbocycles. The van der Waals surface area contributed by atoms with E-state index in [1.54, 1.807) is 13.0 Å². The van der Waals surface area contributed by atoms with Gasteiger partial charge in [0.25, 0.3) is 0 Å². The monoisotopic (exact) mass is 311 g/mol. The smallest absolute Gasteiger partial charge is 0.464 e. The third-order valence-electron chi connectivity index (χ3n) is 2.67. The summed E-state index contributed by atoms with van der Waals surface area (Å²) in [6.07, 6.45) is 0.246. The molecule has 18 heavy (non-hydrogen) atoms. The summed E-state index contributed by atoms with van der Waals surface area (Å²) in [7, 11) is -1.83. The fraction of sp³-hybridized carbons (Fsp3) is 0.182. The number of carbonyl (C=O) groups is 1. The van der Waals surface area contributed by atoms with E-state index in [-0.39, 0.29) is 23.4 Å². The second kappa shape index (κ2) is 4.76. The maximum Gasteiger partial charge on any atom is 0.527 e. The first-order chi connectivity index (χ1) is 8.45. The number of benzene rings is 1. The second-order valence-electron chi connectivity index (χ2n) is 3.86. The lowest BCUT2D eigenvalue weighted by Gasteiger charge is -2.00. The molecule has 94 valence electrons. The van der Waals surface area contributed by atoms with Crippen molar-refractivity contribution in [2.24, 2.45) is 0 Å². The number of anilines is 1. The lowest BCUT2D eigenvalue weighted by atomic mass is 9.82. The number of halogens is 1. The Hall–Kier alpha value is -1.31. The summed E-state index contributed by atoms with van der Waals surface area (Å²) < 4.78 is 5.92. The molecule has 1 aromatic carbocycles. The number of nitrogens with two attached hydrogens (primary N) is 1. The number of fused-ring (bicyclic) bond motifs is 1. The predicted octanol–water partition coefficient (Wildman–Crippen LogP) is 1.05. The molecule has 4 N–H and O–H groups in total. The summed E-state index contributed by atoms with van der Waals surface area (Å²) in [6.45, 7) is 1.70. The van der Waals surface area contributed by atoms with Crippen LogP contribution in [-0.4, -0.2) is 22.9 Å². The highest BCUT2D eigenvalue weighted by Gasteiger charge is 2.28. The van der Waals surface area contributed by atoms with Gasteiger partial charge in [0.1, 0.15) is 11.2 Å². The van der Waals surface area contributed by atoms with Gasteiger partial charge in [0.15, 0.2) is 5.78 Å². The van der Waals surface area contributed by atoms with Gasteiger partial charge >= 0.3 is 7.12 Å². The first kappa shape index (κ1) is 13.1. The molecule has 2 rings (SSSR count). The number of Topliss-reactive ketones (excluding diaryl/α,β-unsaturated/α-hetero) is 1. The Morgan fingerprint density at radius 2 is 2.17 bits per heavy atom. The number of furan rings is 1. The zero-order valence-corrected chi connectivity index (χ0v) is 11.2. The van der Waals surface area contributed by atoms with Crippen LogP contribution in [-0.2, 0) is 0 Å². The van der Waals surface area contributed by atoms with Gasteiger partial charge in [-0.05, 0) is 22.0 Å². The van der Waals surface area contributed by atoms with Gasteiger partial charge in [-0.3, -0.25) is 4.79 Å². The minimum absolute atomic E-state index is 0.144. The van der Waals surface area contributed by atoms with Crippen molar-refractivity contribution in [1.29, 1.82) is 0 Å². The van der Waals surface area contributed by atoms with Crippen molar-refractivity contribution >= 4 is 51.1 Å². The van der Waals surface area contributed by atoms with Crippen molar-refractivity contribution in [2.75, 3.05) is 5.73 Å². The van der Waals surface area contributed by atoms with E-state index < -0.39 is 7.12 Å². The molecule has 7 heteroatoms. The first-order valence-electron chi connectivity index (χ1n) is 5.36. The Labute approximate surface area is 112 Å². The van der Waals surface area contributed by atoms with Crippen LogP contribution in [0.15, 0.2) is 21.0 Å². The van der Waals surface area contributed by atoms with E-state index in [1.165, 1.54) is 6.07 Å². The number of rotatable bonds is 3. The highest BCUT2D eigenvalue weighted by molar-refractivity contribution is 9.10. The SMILES string of the molecule is CCC(=O)c1c(B(O)O)oc2cc(N)c(Br)cc12. The fourth-order valence-electron chi connectivity index (χ4n) is 1.80. The largest absolute Gasteiger partial charge is 0.527 e. The van der Waals surface area contributed by atoms with Crippen molar-refractivity contribution in [3.63, 3.8) is 0 Å². The van der Waals surface area contributed by atoms with Gasteiger partial charge in [-0.1, -0.05) is 6.92 Å². The van der Waals surface area contributed by atoms with Crippen LogP contribution < -0.4 is 11.4 Å². The third kappa shape index (κ3) is 2.05. The Bertz CT molecular complexity index is 623. The van der Waals surface area contributed by atoms with Crippen molar-refractivity contribution in [1.82, 2.24) is 0 Å². The van der Waals surface area contributed by atoms with E-state index >= 15 is 0 Å². The van der Waals surface area contributed by atoms with Crippen LogP contribution in [0.1, 0.15) is 23.7 Å². The molecule has 2 aromatic rings. The van der Waals surface area contributed by atoms with Gasteiger partial charge < -0.3 is 20.2 Å². The summed E-state index contributed by atoms with van der Waals surface area (Å²) in [5, 5.41) is 19.0. The lowest BCUT2D eigenvalue weighted by molar-refractivity contribution is 0.0989. The Kier molecular flexibility index (Phi) is 3.47. The standard InChI is InChI=1S/C11H11BBrNO4/c1-2-8(15)10-5-3-6(13)7(14)4-9(5)18-11(10)12(16)17/h3-4,16-17H,2,14H2,1H3. The molecule has 0 radical (unpaired) electrons. The van der Waals surface area contributed by atoms with Crippen LogP contribution >= 0.6 is 15.9 Å². The second-order valence-corrected chi connectivity index (χ2v) is 4.72. The van der Waals surface area contributed by atoms with Crippen LogP contribution in [0, 0.1) is 0 Å². The molecule has 0 atom stereocenters.